The third-order valence-corrected chi connectivity index (χ3v) is 5.73. The van der Waals surface area contributed by atoms with E-state index in [9.17, 15) is 0 Å². The predicted molar refractivity (Wildman–Crippen MR) is 58.2 cm³/mol. The minimum Gasteiger partial charge on any atom is -0.312 e. The first-order chi connectivity index (χ1) is 6.41. The molecule has 1 nitrogen and oxygen atoms in total. The Morgan fingerprint density at radius 3 is 2.85 bits per heavy atom. The quantitative estimate of drug-likeness (QED) is 0.640. The Kier molecular flexibility index (Phi) is 2.09. The first kappa shape index (κ1) is 8.60. The number of nitrogens with one attached hydrogen (secondary N) is 1. The number of hydrogen-bond donors (Lipinski definition) is 1. The molecule has 3 aliphatic rings. The van der Waals surface area contributed by atoms with Gasteiger partial charge in [0.2, 0.25) is 0 Å². The van der Waals surface area contributed by atoms with Gasteiger partial charge in [-0.1, -0.05) is 12.8 Å². The Bertz CT molecular complexity index is 198. The summed E-state index contributed by atoms with van der Waals surface area (Å²) in [6.07, 6.45) is 9.03. The van der Waals surface area contributed by atoms with Crippen LogP contribution in [0.1, 0.15) is 38.5 Å². The molecular formula is C11H19NS. The average Bonchev–Trinajstić information content (AvgIpc) is 2.78. The molecule has 1 saturated heterocycles. The summed E-state index contributed by atoms with van der Waals surface area (Å²) < 4.78 is 0. The minimum absolute atomic E-state index is 0.748. The highest BCUT2D eigenvalue weighted by Gasteiger charge is 2.50. The number of thioether (sulfide) groups is 1. The van der Waals surface area contributed by atoms with Gasteiger partial charge in [-0.3, -0.25) is 0 Å². The summed E-state index contributed by atoms with van der Waals surface area (Å²) in [6, 6.07) is 0.883. The second-order valence-electron chi connectivity index (χ2n) is 4.95. The maximum absolute atomic E-state index is 3.79. The van der Waals surface area contributed by atoms with Gasteiger partial charge in [0.25, 0.3) is 0 Å². The van der Waals surface area contributed by atoms with Crippen LogP contribution in [0.5, 0.6) is 0 Å². The lowest BCUT2D eigenvalue weighted by molar-refractivity contribution is 0.235. The van der Waals surface area contributed by atoms with Crippen LogP contribution >= 0.6 is 11.8 Å². The van der Waals surface area contributed by atoms with Crippen LogP contribution in [0, 0.1) is 5.41 Å². The molecule has 0 aromatic carbocycles. The highest BCUT2D eigenvalue weighted by atomic mass is 32.2. The Morgan fingerprint density at radius 2 is 2.00 bits per heavy atom. The summed E-state index contributed by atoms with van der Waals surface area (Å²) >= 11 is 2.23. The second-order valence-corrected chi connectivity index (χ2v) is 6.30. The van der Waals surface area contributed by atoms with Gasteiger partial charge in [0.1, 0.15) is 0 Å². The van der Waals surface area contributed by atoms with E-state index in [0.29, 0.717) is 0 Å². The molecule has 0 bridgehead atoms. The molecule has 2 saturated carbocycles. The van der Waals surface area contributed by atoms with E-state index in [4.69, 9.17) is 0 Å². The molecule has 1 aliphatic heterocycles. The zero-order valence-electron chi connectivity index (χ0n) is 8.22. The Labute approximate surface area is 85.0 Å². The molecule has 0 amide bonds. The van der Waals surface area contributed by atoms with Crippen molar-refractivity contribution in [2.45, 2.75) is 49.8 Å². The van der Waals surface area contributed by atoms with E-state index in [0.717, 1.165) is 16.7 Å². The van der Waals surface area contributed by atoms with Crippen molar-refractivity contribution in [3.05, 3.63) is 0 Å². The maximum atomic E-state index is 3.79. The van der Waals surface area contributed by atoms with Gasteiger partial charge in [-0.25, -0.2) is 0 Å². The molecule has 0 aromatic heterocycles. The maximum Gasteiger partial charge on any atom is 0.0243 e. The summed E-state index contributed by atoms with van der Waals surface area (Å²) in [6.45, 7) is 1.26. The molecule has 0 radical (unpaired) electrons. The fourth-order valence-electron chi connectivity index (χ4n) is 3.74. The van der Waals surface area contributed by atoms with Gasteiger partial charge in [0.05, 0.1) is 0 Å². The topological polar surface area (TPSA) is 12.0 Å². The van der Waals surface area contributed by atoms with Gasteiger partial charge in [0, 0.05) is 23.6 Å². The first-order valence-corrected chi connectivity index (χ1v) is 6.81. The zero-order chi connectivity index (χ0) is 8.73. The zero-order valence-corrected chi connectivity index (χ0v) is 9.04. The third-order valence-electron chi connectivity index (χ3n) is 4.36. The Balaban J connectivity index is 1.82. The standard InChI is InChI=1S/C11H19NS/c1-2-5-11(4-1)6-3-9-10(11)12-7-8-13-9/h9-10,12H,1-8H2. The summed E-state index contributed by atoms with van der Waals surface area (Å²) in [5.41, 5.74) is 0.748. The van der Waals surface area contributed by atoms with Crippen molar-refractivity contribution in [2.75, 3.05) is 12.3 Å². The number of hydrogen-bond acceptors (Lipinski definition) is 2. The van der Waals surface area contributed by atoms with Gasteiger partial charge in [-0.05, 0) is 31.1 Å². The summed E-state index contributed by atoms with van der Waals surface area (Å²) in [7, 11) is 0. The lowest BCUT2D eigenvalue weighted by Crippen LogP contribution is -2.48. The largest absolute Gasteiger partial charge is 0.312 e. The van der Waals surface area contributed by atoms with E-state index in [1.807, 2.05) is 0 Å². The van der Waals surface area contributed by atoms with Crippen LogP contribution in [0.15, 0.2) is 0 Å². The van der Waals surface area contributed by atoms with Crippen LogP contribution in [0.25, 0.3) is 0 Å². The van der Waals surface area contributed by atoms with Gasteiger partial charge in [-0.2, -0.15) is 11.8 Å². The molecule has 3 fully saturated rings. The Morgan fingerprint density at radius 1 is 1.15 bits per heavy atom. The van der Waals surface area contributed by atoms with Crippen molar-refractivity contribution in [3.8, 4) is 0 Å². The van der Waals surface area contributed by atoms with Gasteiger partial charge in [-0.15, -0.1) is 0 Å². The van der Waals surface area contributed by atoms with Gasteiger partial charge in [0.15, 0.2) is 0 Å². The average molecular weight is 197 g/mol. The minimum atomic E-state index is 0.748. The molecule has 2 heteroatoms. The highest BCUT2D eigenvalue weighted by Crippen LogP contribution is 2.54. The van der Waals surface area contributed by atoms with Crippen LogP contribution < -0.4 is 5.32 Å². The smallest absolute Gasteiger partial charge is 0.0243 e. The van der Waals surface area contributed by atoms with Crippen LogP contribution in [-0.2, 0) is 0 Å². The SMILES string of the molecule is C1CCC2(C1)CCC1SCCNC12. The van der Waals surface area contributed by atoms with Crippen molar-refractivity contribution in [3.63, 3.8) is 0 Å². The van der Waals surface area contributed by atoms with Crippen molar-refractivity contribution in [1.82, 2.24) is 5.32 Å². The lowest BCUT2D eigenvalue weighted by atomic mass is 9.81. The van der Waals surface area contributed by atoms with Crippen molar-refractivity contribution >= 4 is 11.8 Å². The van der Waals surface area contributed by atoms with Gasteiger partial charge >= 0.3 is 0 Å². The fraction of sp³-hybridized carbons (Fsp3) is 1.00. The monoisotopic (exact) mass is 197 g/mol. The molecule has 0 aromatic rings. The van der Waals surface area contributed by atoms with Crippen molar-refractivity contribution < 1.29 is 0 Å². The van der Waals surface area contributed by atoms with E-state index >= 15 is 0 Å². The van der Waals surface area contributed by atoms with E-state index in [2.05, 4.69) is 17.1 Å². The van der Waals surface area contributed by atoms with Crippen LogP contribution in [-0.4, -0.2) is 23.6 Å². The van der Waals surface area contributed by atoms with Crippen LogP contribution in [0.3, 0.4) is 0 Å². The van der Waals surface area contributed by atoms with Crippen LogP contribution in [0.2, 0.25) is 0 Å². The Hall–Kier alpha value is 0.310. The molecule has 2 atom stereocenters. The normalized spacial score (nSPS) is 42.5. The second kappa shape index (κ2) is 3.16. The highest BCUT2D eigenvalue weighted by molar-refractivity contribution is 8.00. The molecule has 3 rings (SSSR count). The fourth-order valence-corrected chi connectivity index (χ4v) is 5.14. The van der Waals surface area contributed by atoms with E-state index in [1.165, 1.54) is 50.8 Å². The first-order valence-electron chi connectivity index (χ1n) is 5.76. The summed E-state index contributed by atoms with van der Waals surface area (Å²) in [5.74, 6) is 1.34. The lowest BCUT2D eigenvalue weighted by Gasteiger charge is -2.37. The van der Waals surface area contributed by atoms with E-state index in [-0.39, 0.29) is 0 Å². The van der Waals surface area contributed by atoms with Gasteiger partial charge < -0.3 is 5.32 Å². The number of fused-ring (bicyclic) bond motifs is 2. The van der Waals surface area contributed by atoms with Crippen molar-refractivity contribution in [2.24, 2.45) is 5.41 Å². The summed E-state index contributed by atoms with van der Waals surface area (Å²) in [4.78, 5) is 0. The third kappa shape index (κ3) is 1.25. The predicted octanol–water partition coefficient (Wildman–Crippen LogP) is 2.41. The molecular weight excluding hydrogens is 178 g/mol. The number of rotatable bonds is 0. The summed E-state index contributed by atoms with van der Waals surface area (Å²) in [5, 5.41) is 4.76. The van der Waals surface area contributed by atoms with Crippen molar-refractivity contribution in [1.29, 1.82) is 0 Å². The molecule has 74 valence electrons. The van der Waals surface area contributed by atoms with E-state index < -0.39 is 0 Å². The molecule has 1 spiro atoms. The molecule has 1 heterocycles. The molecule has 13 heavy (non-hydrogen) atoms. The van der Waals surface area contributed by atoms with E-state index in [1.54, 1.807) is 0 Å². The van der Waals surface area contributed by atoms with Crippen LogP contribution in [0.4, 0.5) is 0 Å². The molecule has 1 N–H and O–H groups in total. The molecule has 2 aliphatic carbocycles. The molecule has 2 unspecified atom stereocenters.